The summed E-state index contributed by atoms with van der Waals surface area (Å²) in [7, 11) is -18.8. The number of rotatable bonds is 14. The first-order chi connectivity index (χ1) is 33.1. The molecule has 368 valence electrons. The maximum atomic E-state index is 12.8. The van der Waals surface area contributed by atoms with E-state index in [1.165, 1.54) is 84.9 Å². The Morgan fingerprint density at radius 1 is 0.500 bits per heavy atom. The molecule has 4 heterocycles. The number of ether oxygens (including phenoxy) is 2. The summed E-state index contributed by atoms with van der Waals surface area (Å²) in [5.74, 6) is 0.605. The molecule has 0 amide bonds. The Labute approximate surface area is 398 Å². The van der Waals surface area contributed by atoms with Crippen molar-refractivity contribution < 1.29 is 61.4 Å². The summed E-state index contributed by atoms with van der Waals surface area (Å²) in [4.78, 5) is 34.4. The van der Waals surface area contributed by atoms with Crippen LogP contribution in [0, 0.1) is 0 Å². The minimum atomic E-state index is -4.96. The second-order valence-electron chi connectivity index (χ2n) is 15.0. The van der Waals surface area contributed by atoms with Gasteiger partial charge in [-0.2, -0.15) is 53.6 Å². The van der Waals surface area contributed by atoms with Gasteiger partial charge in [0.1, 0.15) is 9.79 Å². The van der Waals surface area contributed by atoms with Crippen LogP contribution in [0.4, 0.5) is 46.5 Å². The molecular formula is C40H40N12O14S4. The average Bonchev–Trinajstić information content (AvgIpc) is 3.31. The SMILES string of the molecule is O=S(=O)(O)c1ccc(Nc2nc(N3CCOCC3)[nH]c(=Nc3ccc(/C=C/c4ccc(N=c5nc(Nc6ccc(S(=O)(=O)O)cc6)nc(N6CCOCC6)[nH]5)cc4S(=O)(=O)O)c(S(=O)(=O)O)c3)n2)cc1. The molecule has 2 aromatic heterocycles. The smallest absolute Gasteiger partial charge is 0.295 e. The molecule has 0 radical (unpaired) electrons. The lowest BCUT2D eigenvalue weighted by atomic mass is 10.1. The van der Waals surface area contributed by atoms with Gasteiger partial charge in [-0.05, 0) is 83.9 Å². The molecule has 26 nitrogen and oxygen atoms in total. The van der Waals surface area contributed by atoms with E-state index in [1.54, 1.807) is 0 Å². The molecule has 4 aromatic carbocycles. The molecule has 0 bridgehead atoms. The Morgan fingerprint density at radius 3 is 1.19 bits per heavy atom. The van der Waals surface area contributed by atoms with E-state index in [1.807, 2.05) is 9.80 Å². The third-order valence-electron chi connectivity index (χ3n) is 10.2. The normalized spacial score (nSPS) is 15.7. The summed E-state index contributed by atoms with van der Waals surface area (Å²) in [6, 6.07) is 17.7. The van der Waals surface area contributed by atoms with Gasteiger partial charge in [0.05, 0.1) is 47.6 Å². The molecule has 0 atom stereocenters. The van der Waals surface area contributed by atoms with E-state index in [4.69, 9.17) is 9.47 Å². The van der Waals surface area contributed by atoms with Crippen molar-refractivity contribution in [1.82, 2.24) is 29.9 Å². The van der Waals surface area contributed by atoms with Crippen molar-refractivity contribution in [2.45, 2.75) is 19.6 Å². The first-order valence-corrected chi connectivity index (χ1v) is 26.2. The first kappa shape index (κ1) is 49.4. The number of nitrogens with one attached hydrogen (secondary N) is 4. The van der Waals surface area contributed by atoms with Crippen LogP contribution in [0.5, 0.6) is 0 Å². The Kier molecular flexibility index (Phi) is 14.2. The largest absolute Gasteiger partial charge is 0.378 e. The summed E-state index contributed by atoms with van der Waals surface area (Å²) in [5, 5.41) is 5.88. The van der Waals surface area contributed by atoms with Crippen molar-refractivity contribution in [2.75, 3.05) is 73.0 Å². The van der Waals surface area contributed by atoms with Gasteiger partial charge in [-0.15, -0.1) is 0 Å². The summed E-state index contributed by atoms with van der Waals surface area (Å²) in [5.41, 5.74) is 0.332. The number of aromatic nitrogens is 6. The monoisotopic (exact) mass is 1040 g/mol. The fourth-order valence-corrected chi connectivity index (χ4v) is 9.21. The summed E-state index contributed by atoms with van der Waals surface area (Å²) in [6.45, 7) is 3.34. The molecule has 2 aliphatic rings. The predicted octanol–water partition coefficient (Wildman–Crippen LogP) is 2.71. The number of nitrogens with zero attached hydrogens (tertiary/aromatic N) is 8. The number of morpholine rings is 2. The van der Waals surface area contributed by atoms with Crippen LogP contribution in [0.1, 0.15) is 11.1 Å². The van der Waals surface area contributed by atoms with Crippen molar-refractivity contribution in [2.24, 2.45) is 9.98 Å². The second kappa shape index (κ2) is 20.2. The van der Waals surface area contributed by atoms with Crippen molar-refractivity contribution in [1.29, 1.82) is 0 Å². The minimum absolute atomic E-state index is 0.000470. The molecule has 2 fully saturated rings. The van der Waals surface area contributed by atoms with Gasteiger partial charge in [-0.3, -0.25) is 28.2 Å². The van der Waals surface area contributed by atoms with Crippen LogP contribution in [0.3, 0.4) is 0 Å². The molecule has 0 aliphatic carbocycles. The van der Waals surface area contributed by atoms with E-state index in [-0.39, 0.29) is 55.4 Å². The van der Waals surface area contributed by atoms with Gasteiger partial charge in [0.2, 0.25) is 35.0 Å². The molecule has 70 heavy (non-hydrogen) atoms. The number of H-pyrrole nitrogens is 2. The van der Waals surface area contributed by atoms with E-state index >= 15 is 0 Å². The number of hydrogen-bond acceptors (Lipinski definition) is 20. The molecule has 8 N–H and O–H groups in total. The van der Waals surface area contributed by atoms with Crippen molar-refractivity contribution >= 4 is 99.2 Å². The molecule has 0 spiro atoms. The maximum absolute atomic E-state index is 12.8. The molecular weight excluding hydrogens is 1000 g/mol. The number of hydrogen-bond donors (Lipinski definition) is 8. The minimum Gasteiger partial charge on any atom is -0.378 e. The fraction of sp³-hybridized carbons (Fsp3) is 0.200. The Bertz CT molecular complexity index is 3350. The number of benzene rings is 4. The summed E-state index contributed by atoms with van der Waals surface area (Å²) in [6.07, 6.45) is 2.40. The van der Waals surface area contributed by atoms with Gasteiger partial charge in [0, 0.05) is 37.6 Å². The predicted molar refractivity (Wildman–Crippen MR) is 250 cm³/mol. The van der Waals surface area contributed by atoms with E-state index in [9.17, 15) is 51.9 Å². The van der Waals surface area contributed by atoms with Crippen LogP contribution < -0.4 is 31.7 Å². The Balaban J connectivity index is 1.11. The van der Waals surface area contributed by atoms with Gasteiger partial charge in [-0.1, -0.05) is 24.3 Å². The maximum Gasteiger partial charge on any atom is 0.295 e. The van der Waals surface area contributed by atoms with Crippen LogP contribution in [0.15, 0.2) is 114 Å². The molecule has 6 aromatic rings. The highest BCUT2D eigenvalue weighted by Gasteiger charge is 2.21. The highest BCUT2D eigenvalue weighted by molar-refractivity contribution is 7.86. The third-order valence-corrected chi connectivity index (χ3v) is 13.7. The zero-order valence-corrected chi connectivity index (χ0v) is 39.2. The fourth-order valence-electron chi connectivity index (χ4n) is 6.84. The zero-order valence-electron chi connectivity index (χ0n) is 36.0. The summed E-state index contributed by atoms with van der Waals surface area (Å²) < 4.78 is 148. The lowest BCUT2D eigenvalue weighted by Crippen LogP contribution is -2.38. The van der Waals surface area contributed by atoms with Gasteiger partial charge in [0.15, 0.2) is 0 Å². The van der Waals surface area contributed by atoms with E-state index < -0.39 is 50.3 Å². The van der Waals surface area contributed by atoms with Crippen LogP contribution in [-0.2, 0) is 49.9 Å². The quantitative estimate of drug-likeness (QED) is 0.0574. The molecule has 30 heteroatoms. The Hall–Kier alpha value is -7.00. The van der Waals surface area contributed by atoms with Crippen LogP contribution in [0.25, 0.3) is 12.2 Å². The highest BCUT2D eigenvalue weighted by Crippen LogP contribution is 2.28. The topological polar surface area (TPSA) is 374 Å². The van der Waals surface area contributed by atoms with Crippen molar-refractivity contribution in [3.63, 3.8) is 0 Å². The van der Waals surface area contributed by atoms with Gasteiger partial charge >= 0.3 is 0 Å². The van der Waals surface area contributed by atoms with Crippen molar-refractivity contribution in [3.05, 3.63) is 107 Å². The number of anilines is 6. The average molecular weight is 1040 g/mol. The van der Waals surface area contributed by atoms with Crippen LogP contribution in [0.2, 0.25) is 0 Å². The zero-order chi connectivity index (χ0) is 49.8. The number of aromatic amines is 2. The van der Waals surface area contributed by atoms with Crippen molar-refractivity contribution in [3.8, 4) is 0 Å². The second-order valence-corrected chi connectivity index (χ2v) is 20.7. The molecule has 0 unspecified atom stereocenters. The first-order valence-electron chi connectivity index (χ1n) is 20.5. The third kappa shape index (κ3) is 12.6. The molecule has 8 rings (SSSR count). The van der Waals surface area contributed by atoms with Gasteiger partial charge in [0.25, 0.3) is 40.5 Å². The Morgan fingerprint density at radius 2 is 0.857 bits per heavy atom. The van der Waals surface area contributed by atoms with Crippen LogP contribution in [-0.4, -0.2) is 134 Å². The molecule has 2 saturated heterocycles. The van der Waals surface area contributed by atoms with Gasteiger partial charge < -0.3 is 29.9 Å². The lowest BCUT2D eigenvalue weighted by molar-refractivity contribution is 0.122. The summed E-state index contributed by atoms with van der Waals surface area (Å²) >= 11 is 0. The molecule has 0 saturated carbocycles. The molecule has 2 aliphatic heterocycles. The van der Waals surface area contributed by atoms with E-state index in [0.717, 1.165) is 12.1 Å². The van der Waals surface area contributed by atoms with Crippen LogP contribution >= 0.6 is 0 Å². The highest BCUT2D eigenvalue weighted by atomic mass is 32.2. The van der Waals surface area contributed by atoms with E-state index in [0.29, 0.717) is 75.9 Å². The van der Waals surface area contributed by atoms with E-state index in [2.05, 4.69) is 50.5 Å². The van der Waals surface area contributed by atoms with Gasteiger partial charge in [-0.25, -0.2) is 9.98 Å². The standard InChI is InChI=1S/C40H40N12O14S4/c53-67(54,55)31-11-7-27(8-12-31)41-35-45-37(49-39(47-35)51-15-19-65-20-16-51)43-29-5-3-25(33(23-29)69(59,60)61)1-2-26-4-6-30(24-34(26)70(62,63)64)44-38-46-36(48-40(50-38)52-17-21-66-22-18-52)42-28-9-13-32(14-10-28)68(56,57)58/h1-14,23-24H,15-22H2,(H,53,54,55)(H,56,57,58)(H,59,60,61)(H,62,63,64)(H2,41,43,45,47,49)(H2,42,44,46,48,50)/b2-1+. The lowest BCUT2D eigenvalue weighted by Gasteiger charge is -2.27.